The molecule has 0 spiro atoms. The normalized spacial score (nSPS) is 24.0. The van der Waals surface area contributed by atoms with Gasteiger partial charge in [-0.1, -0.05) is 6.08 Å². The van der Waals surface area contributed by atoms with Crippen molar-refractivity contribution < 1.29 is 4.74 Å². The molecule has 0 aliphatic carbocycles. The lowest BCUT2D eigenvalue weighted by Crippen LogP contribution is -2.34. The summed E-state index contributed by atoms with van der Waals surface area (Å²) in [4.78, 5) is 2.55. The molecular weight excluding hydrogens is 334 g/mol. The summed E-state index contributed by atoms with van der Waals surface area (Å²) in [6.07, 6.45) is 11.5. The molecule has 2 unspecified atom stereocenters. The average Bonchev–Trinajstić information content (AvgIpc) is 2.67. The molecule has 0 N–H and O–H groups in total. The molecule has 0 fully saturated rings. The second-order valence-corrected chi connectivity index (χ2v) is 7.81. The molecule has 0 saturated heterocycles. The Morgan fingerprint density at radius 2 is 1.81 bits per heavy atom. The molecule has 0 aromatic heterocycles. The lowest BCUT2D eigenvalue weighted by molar-refractivity contribution is 0.113. The predicted molar refractivity (Wildman–Crippen MR) is 106 cm³/mol. The van der Waals surface area contributed by atoms with Gasteiger partial charge in [0, 0.05) is 24.7 Å². The van der Waals surface area contributed by atoms with Crippen LogP contribution in [0.15, 0.2) is 30.0 Å². The molecule has 138 valence electrons. The maximum absolute atomic E-state index is 9.19. The second-order valence-electron chi connectivity index (χ2n) is 7.81. The van der Waals surface area contributed by atoms with E-state index in [0.717, 1.165) is 18.6 Å². The van der Waals surface area contributed by atoms with Gasteiger partial charge >= 0.3 is 0 Å². The van der Waals surface area contributed by atoms with Crippen molar-refractivity contribution in [3.63, 3.8) is 0 Å². The maximum atomic E-state index is 9.19. The van der Waals surface area contributed by atoms with Crippen LogP contribution in [0.1, 0.15) is 42.9 Å². The maximum Gasteiger partial charge on any atom is 0.139 e. The number of aryl methyl sites for hydroxylation is 2. The van der Waals surface area contributed by atoms with Crippen molar-refractivity contribution in [2.24, 2.45) is 11.8 Å². The van der Waals surface area contributed by atoms with Crippen LogP contribution in [0.5, 0.6) is 0 Å². The zero-order valence-corrected chi connectivity index (χ0v) is 15.8. The minimum Gasteiger partial charge on any atom is -0.491 e. The highest BCUT2D eigenvalue weighted by molar-refractivity contribution is 5.68. The van der Waals surface area contributed by atoms with E-state index in [0.29, 0.717) is 6.42 Å². The van der Waals surface area contributed by atoms with E-state index in [1.807, 2.05) is 13.0 Å². The van der Waals surface area contributed by atoms with E-state index in [1.54, 1.807) is 0 Å². The first-order chi connectivity index (χ1) is 13.2. The van der Waals surface area contributed by atoms with Crippen LogP contribution in [0.4, 0.5) is 5.69 Å². The minimum atomic E-state index is -0.612. The number of rotatable bonds is 3. The molecule has 2 atom stereocenters. The zero-order chi connectivity index (χ0) is 18.8. The van der Waals surface area contributed by atoms with Crippen LogP contribution in [0, 0.1) is 34.5 Å². The number of anilines is 1. The fourth-order valence-corrected chi connectivity index (χ4v) is 4.68. The van der Waals surface area contributed by atoms with Crippen LogP contribution in [0.3, 0.4) is 0 Å². The van der Waals surface area contributed by atoms with Crippen LogP contribution in [-0.2, 0) is 17.6 Å². The van der Waals surface area contributed by atoms with E-state index in [-0.39, 0.29) is 12.0 Å². The Bertz CT molecular complexity index is 826. The molecular formula is C23H25N3O. The molecule has 3 aliphatic heterocycles. The number of nitriles is 2. The monoisotopic (exact) mass is 359 g/mol. The molecule has 0 radical (unpaired) electrons. The van der Waals surface area contributed by atoms with Crippen molar-refractivity contribution in [2.75, 3.05) is 18.0 Å². The van der Waals surface area contributed by atoms with E-state index in [2.05, 4.69) is 41.3 Å². The first kappa shape index (κ1) is 17.7. The Labute approximate surface area is 161 Å². The molecule has 1 aromatic rings. The van der Waals surface area contributed by atoms with Gasteiger partial charge in [0.25, 0.3) is 0 Å². The third-order valence-corrected chi connectivity index (χ3v) is 5.85. The van der Waals surface area contributed by atoms with Gasteiger partial charge in [0.1, 0.15) is 12.0 Å². The third kappa shape index (κ3) is 3.58. The van der Waals surface area contributed by atoms with Crippen LogP contribution < -0.4 is 4.90 Å². The molecule has 4 nitrogen and oxygen atoms in total. The Kier molecular flexibility index (Phi) is 4.90. The SMILES string of the molecule is CC1=CC(C(C#N)C#N)CC(/C=C/c2cc3c4c(c2)CCCN4CCC3)O1. The van der Waals surface area contributed by atoms with E-state index in [1.165, 1.54) is 48.3 Å². The van der Waals surface area contributed by atoms with Crippen LogP contribution in [0.2, 0.25) is 0 Å². The summed E-state index contributed by atoms with van der Waals surface area (Å²) in [5.41, 5.74) is 5.68. The number of hydrogen-bond acceptors (Lipinski definition) is 4. The van der Waals surface area contributed by atoms with Gasteiger partial charge in [0.15, 0.2) is 0 Å². The molecule has 3 aliphatic rings. The first-order valence-electron chi connectivity index (χ1n) is 9.91. The largest absolute Gasteiger partial charge is 0.491 e. The fourth-order valence-electron chi connectivity index (χ4n) is 4.68. The average molecular weight is 359 g/mol. The number of ether oxygens (including phenoxy) is 1. The van der Waals surface area contributed by atoms with Gasteiger partial charge in [-0.2, -0.15) is 10.5 Å². The first-order valence-corrected chi connectivity index (χ1v) is 9.91. The summed E-state index contributed by atoms with van der Waals surface area (Å²) in [7, 11) is 0. The van der Waals surface area contributed by atoms with Crippen molar-refractivity contribution in [1.29, 1.82) is 10.5 Å². The van der Waals surface area contributed by atoms with Gasteiger partial charge in [-0.05, 0) is 80.0 Å². The van der Waals surface area contributed by atoms with Crippen LogP contribution in [-0.4, -0.2) is 19.2 Å². The lowest BCUT2D eigenvalue weighted by atomic mass is 9.86. The fraction of sp³-hybridized carbons (Fsp3) is 0.478. The quantitative estimate of drug-likeness (QED) is 0.804. The molecule has 0 saturated carbocycles. The van der Waals surface area contributed by atoms with Gasteiger partial charge in [-0.3, -0.25) is 0 Å². The lowest BCUT2D eigenvalue weighted by Gasteiger charge is -2.37. The number of nitrogens with zero attached hydrogens (tertiary/aromatic N) is 3. The minimum absolute atomic E-state index is 0.0679. The van der Waals surface area contributed by atoms with E-state index in [4.69, 9.17) is 4.74 Å². The van der Waals surface area contributed by atoms with Crippen molar-refractivity contribution in [3.8, 4) is 12.1 Å². The summed E-state index contributed by atoms with van der Waals surface area (Å²) in [6, 6.07) is 8.86. The van der Waals surface area contributed by atoms with E-state index >= 15 is 0 Å². The van der Waals surface area contributed by atoms with Crippen molar-refractivity contribution in [2.45, 2.75) is 45.1 Å². The number of benzene rings is 1. The van der Waals surface area contributed by atoms with E-state index < -0.39 is 5.92 Å². The number of hydrogen-bond donors (Lipinski definition) is 0. The van der Waals surface area contributed by atoms with Crippen molar-refractivity contribution in [1.82, 2.24) is 0 Å². The van der Waals surface area contributed by atoms with Crippen LogP contribution >= 0.6 is 0 Å². The molecule has 1 aromatic carbocycles. The Morgan fingerprint density at radius 1 is 1.15 bits per heavy atom. The Balaban J connectivity index is 1.55. The summed E-state index contributed by atoms with van der Waals surface area (Å²) < 4.78 is 5.92. The standard InChI is InChI=1S/C23H25N3O/c1-16-10-20(21(14-24)15-25)13-22(27-16)7-6-17-11-18-4-2-8-26-9-3-5-19(12-17)23(18)26/h6-7,10-12,20-22H,2-5,8-9,13H2,1H3/b7-6+. The smallest absolute Gasteiger partial charge is 0.139 e. The highest BCUT2D eigenvalue weighted by Crippen LogP contribution is 2.36. The van der Waals surface area contributed by atoms with E-state index in [9.17, 15) is 10.5 Å². The molecule has 3 heterocycles. The highest BCUT2D eigenvalue weighted by Gasteiger charge is 2.27. The molecule has 0 bridgehead atoms. The molecule has 0 amide bonds. The summed E-state index contributed by atoms with van der Waals surface area (Å²) in [5.74, 6) is 0.119. The zero-order valence-electron chi connectivity index (χ0n) is 15.8. The summed E-state index contributed by atoms with van der Waals surface area (Å²) in [6.45, 7) is 4.28. The van der Waals surface area contributed by atoms with Crippen molar-refractivity contribution in [3.05, 3.63) is 46.7 Å². The summed E-state index contributed by atoms with van der Waals surface area (Å²) in [5, 5.41) is 18.4. The third-order valence-electron chi connectivity index (χ3n) is 5.85. The van der Waals surface area contributed by atoms with Crippen LogP contribution in [0.25, 0.3) is 6.08 Å². The van der Waals surface area contributed by atoms with Gasteiger partial charge in [0.2, 0.25) is 0 Å². The molecule has 27 heavy (non-hydrogen) atoms. The van der Waals surface area contributed by atoms with Gasteiger partial charge in [-0.25, -0.2) is 0 Å². The molecule has 4 heteroatoms. The van der Waals surface area contributed by atoms with Gasteiger partial charge in [0.05, 0.1) is 17.9 Å². The Hall–Kier alpha value is -2.72. The van der Waals surface area contributed by atoms with Gasteiger partial charge < -0.3 is 9.64 Å². The molecule has 4 rings (SSSR count). The summed E-state index contributed by atoms with van der Waals surface area (Å²) >= 11 is 0. The predicted octanol–water partition coefficient (Wildman–Crippen LogP) is 4.37. The Morgan fingerprint density at radius 3 is 2.44 bits per heavy atom. The topological polar surface area (TPSA) is 60.0 Å². The van der Waals surface area contributed by atoms with Crippen molar-refractivity contribution >= 4 is 11.8 Å². The number of allylic oxidation sites excluding steroid dienone is 2. The second kappa shape index (κ2) is 7.49. The van der Waals surface area contributed by atoms with Gasteiger partial charge in [-0.15, -0.1) is 0 Å². The highest BCUT2D eigenvalue weighted by atomic mass is 16.5.